The van der Waals surface area contributed by atoms with E-state index in [4.69, 9.17) is 0 Å². The number of amides is 2. The van der Waals surface area contributed by atoms with Gasteiger partial charge in [0.15, 0.2) is 0 Å². The quantitative estimate of drug-likeness (QED) is 0.295. The third kappa shape index (κ3) is 10.3. The van der Waals surface area contributed by atoms with E-state index in [0.717, 1.165) is 0 Å². The second kappa shape index (κ2) is 8.84. The van der Waals surface area contributed by atoms with Crippen molar-refractivity contribution < 1.29 is 19.4 Å². The average molecular weight is 262 g/mol. The van der Waals surface area contributed by atoms with Crippen molar-refractivity contribution in [3.63, 3.8) is 0 Å². The molecule has 0 aliphatic rings. The smallest absolute Gasteiger partial charge is 0.291 e. The topological polar surface area (TPSA) is 144 Å². The Kier molecular flexibility index (Phi) is 7.73. The number of nitrogens with zero attached hydrogens (tertiary/aromatic N) is 2. The van der Waals surface area contributed by atoms with Crippen molar-refractivity contribution in [2.45, 2.75) is 12.8 Å². The lowest BCUT2D eigenvalue weighted by atomic mass is 10.3. The summed E-state index contributed by atoms with van der Waals surface area (Å²) < 4.78 is 0. The summed E-state index contributed by atoms with van der Waals surface area (Å²) in [5, 5.41) is 24.6. The number of carbonyl (C=O) groups excluding carboxylic acids is 2. The van der Waals surface area contributed by atoms with Gasteiger partial charge in [0.1, 0.15) is 0 Å². The Labute approximate surface area is 102 Å². The molecule has 0 saturated heterocycles. The molecular weight excluding hydrogens is 248 g/mol. The lowest BCUT2D eigenvalue weighted by Gasteiger charge is -2.03. The molecule has 2 amide bonds. The summed E-state index contributed by atoms with van der Waals surface area (Å²) in [5.41, 5.74) is 0. The molecule has 0 aromatic carbocycles. The van der Waals surface area contributed by atoms with Gasteiger partial charge in [-0.2, -0.15) is 0 Å². The molecule has 102 valence electrons. The zero-order valence-electron chi connectivity index (χ0n) is 9.59. The summed E-state index contributed by atoms with van der Waals surface area (Å²) in [6, 6.07) is 0. The molecule has 0 fully saturated rings. The molecule has 0 aromatic heterocycles. The van der Waals surface area contributed by atoms with Crippen LogP contribution in [0.15, 0.2) is 0 Å². The van der Waals surface area contributed by atoms with Crippen LogP contribution in [-0.2, 0) is 9.59 Å². The Balaban J connectivity index is 3.41. The lowest BCUT2D eigenvalue weighted by Crippen LogP contribution is -2.32. The maximum absolute atomic E-state index is 10.8. The minimum Gasteiger partial charge on any atom is -0.350 e. The predicted molar refractivity (Wildman–Crippen MR) is 59.0 cm³/mol. The van der Waals surface area contributed by atoms with Gasteiger partial charge in [-0.3, -0.25) is 29.8 Å². The van der Waals surface area contributed by atoms with Gasteiger partial charge in [-0.25, -0.2) is 0 Å². The third-order valence-corrected chi connectivity index (χ3v) is 1.79. The van der Waals surface area contributed by atoms with Gasteiger partial charge in [-0.05, 0) is 12.8 Å². The Morgan fingerprint density at radius 3 is 1.44 bits per heavy atom. The number of hydrogen-bond donors (Lipinski definition) is 2. The van der Waals surface area contributed by atoms with E-state index in [1.54, 1.807) is 0 Å². The minimum absolute atomic E-state index is 0.262. The van der Waals surface area contributed by atoms with E-state index in [1.165, 1.54) is 0 Å². The molecule has 10 heteroatoms. The summed E-state index contributed by atoms with van der Waals surface area (Å²) >= 11 is 0. The lowest BCUT2D eigenvalue weighted by molar-refractivity contribution is -0.467. The molecular formula is C8H14N4O6. The van der Waals surface area contributed by atoms with Crippen LogP contribution in [0.25, 0.3) is 0 Å². The average Bonchev–Trinajstić information content (AvgIpc) is 2.20. The first kappa shape index (κ1) is 15.7. The molecule has 0 heterocycles. The zero-order chi connectivity index (χ0) is 14.0. The van der Waals surface area contributed by atoms with Gasteiger partial charge in [0.05, 0.1) is 0 Å². The van der Waals surface area contributed by atoms with Crippen LogP contribution in [0.1, 0.15) is 12.8 Å². The van der Waals surface area contributed by atoms with Crippen molar-refractivity contribution >= 4 is 11.8 Å². The maximum atomic E-state index is 10.8. The fraction of sp³-hybridized carbons (Fsp3) is 0.750. The molecule has 18 heavy (non-hydrogen) atoms. The number of carbonyl (C=O) groups is 2. The monoisotopic (exact) mass is 262 g/mol. The Hall–Kier alpha value is -2.26. The first-order valence-electron chi connectivity index (χ1n) is 5.19. The summed E-state index contributed by atoms with van der Waals surface area (Å²) in [7, 11) is 0. The van der Waals surface area contributed by atoms with Crippen LogP contribution in [0.3, 0.4) is 0 Å². The van der Waals surface area contributed by atoms with Gasteiger partial charge in [-0.1, -0.05) is 0 Å². The number of nitro groups is 2. The molecule has 0 bridgehead atoms. The third-order valence-electron chi connectivity index (χ3n) is 1.79. The van der Waals surface area contributed by atoms with Crippen LogP contribution < -0.4 is 10.6 Å². The van der Waals surface area contributed by atoms with Crippen LogP contribution in [0, 0.1) is 20.2 Å². The number of hydrogen-bond acceptors (Lipinski definition) is 6. The van der Waals surface area contributed by atoms with Crippen molar-refractivity contribution in [1.29, 1.82) is 0 Å². The van der Waals surface area contributed by atoms with Gasteiger partial charge in [0.2, 0.25) is 0 Å². The number of rotatable bonds is 9. The summed E-state index contributed by atoms with van der Waals surface area (Å²) in [5.74, 6) is -1.34. The van der Waals surface area contributed by atoms with Crippen molar-refractivity contribution in [2.24, 2.45) is 0 Å². The van der Waals surface area contributed by atoms with Gasteiger partial charge < -0.3 is 10.6 Å². The summed E-state index contributed by atoms with van der Waals surface area (Å²) in [6.45, 7) is -1.01. The van der Waals surface area contributed by atoms with Crippen LogP contribution >= 0.6 is 0 Å². The highest BCUT2D eigenvalue weighted by molar-refractivity contribution is 5.77. The first-order chi connectivity index (χ1) is 8.41. The zero-order valence-corrected chi connectivity index (χ0v) is 9.59. The highest BCUT2D eigenvalue weighted by Gasteiger charge is 2.09. The van der Waals surface area contributed by atoms with E-state index in [1.807, 2.05) is 0 Å². The predicted octanol–water partition coefficient (Wildman–Crippen LogP) is -1.45. The molecule has 0 atom stereocenters. The van der Waals surface area contributed by atoms with Crippen molar-refractivity contribution in [2.75, 3.05) is 26.2 Å². The summed E-state index contributed by atoms with van der Waals surface area (Å²) in [4.78, 5) is 40.1. The highest BCUT2D eigenvalue weighted by atomic mass is 16.6. The van der Waals surface area contributed by atoms with Crippen molar-refractivity contribution in [3.8, 4) is 0 Å². The number of nitrogens with one attached hydrogen (secondary N) is 2. The Morgan fingerprint density at radius 1 is 0.833 bits per heavy atom. The van der Waals surface area contributed by atoms with Crippen LogP contribution in [0.2, 0.25) is 0 Å². The largest absolute Gasteiger partial charge is 0.350 e. The molecule has 0 rings (SSSR count). The molecule has 0 aromatic rings. The van der Waals surface area contributed by atoms with Gasteiger partial charge in [-0.15, -0.1) is 0 Å². The highest BCUT2D eigenvalue weighted by Crippen LogP contribution is 1.85. The van der Waals surface area contributed by atoms with Crippen molar-refractivity contribution in [1.82, 2.24) is 10.6 Å². The van der Waals surface area contributed by atoms with Crippen LogP contribution in [0.5, 0.6) is 0 Å². The molecule has 0 aliphatic carbocycles. The second-order valence-corrected chi connectivity index (χ2v) is 3.39. The van der Waals surface area contributed by atoms with Crippen LogP contribution in [0.4, 0.5) is 0 Å². The fourth-order valence-corrected chi connectivity index (χ4v) is 1.05. The second-order valence-electron chi connectivity index (χ2n) is 3.39. The van der Waals surface area contributed by atoms with E-state index < -0.39 is 34.8 Å². The fourth-order valence-electron chi connectivity index (χ4n) is 1.05. The van der Waals surface area contributed by atoms with E-state index in [2.05, 4.69) is 10.6 Å². The molecule has 0 radical (unpaired) electrons. The first-order valence-corrected chi connectivity index (χ1v) is 5.19. The molecule has 0 aliphatic heterocycles. The normalized spacial score (nSPS) is 9.56. The van der Waals surface area contributed by atoms with E-state index in [-0.39, 0.29) is 13.1 Å². The number of unbranched alkanes of at least 4 members (excludes halogenated alkanes) is 1. The molecule has 10 nitrogen and oxygen atoms in total. The van der Waals surface area contributed by atoms with E-state index >= 15 is 0 Å². The maximum Gasteiger partial charge on any atom is 0.291 e. The van der Waals surface area contributed by atoms with Crippen LogP contribution in [-0.4, -0.2) is 47.8 Å². The molecule has 2 N–H and O–H groups in total. The Bertz CT molecular complexity index is 300. The van der Waals surface area contributed by atoms with Gasteiger partial charge >= 0.3 is 0 Å². The summed E-state index contributed by atoms with van der Waals surface area (Å²) in [6.07, 6.45) is 1.03. The van der Waals surface area contributed by atoms with Gasteiger partial charge in [0, 0.05) is 22.9 Å². The molecule has 0 spiro atoms. The SMILES string of the molecule is O=C(C[N+](=O)[O-])NCCCCNC(=O)C[N+](=O)[O-]. The Morgan fingerprint density at radius 2 is 1.17 bits per heavy atom. The van der Waals surface area contributed by atoms with Gasteiger partial charge in [0.25, 0.3) is 24.9 Å². The standard InChI is InChI=1S/C8H14N4O6/c13-7(5-11(15)16)9-3-1-2-4-10-8(14)6-12(17)18/h1-6H2,(H,9,13)(H,10,14). The van der Waals surface area contributed by atoms with Crippen molar-refractivity contribution in [3.05, 3.63) is 20.2 Å². The molecule has 0 unspecified atom stereocenters. The van der Waals surface area contributed by atoms with E-state index in [9.17, 15) is 29.8 Å². The molecule has 0 saturated carbocycles. The minimum atomic E-state index is -0.764. The van der Waals surface area contributed by atoms with E-state index in [0.29, 0.717) is 12.8 Å².